The van der Waals surface area contributed by atoms with Gasteiger partial charge in [-0.15, -0.1) is 0 Å². The number of aryl methyl sites for hydroxylation is 1. The Bertz CT molecular complexity index is 932. The van der Waals surface area contributed by atoms with Gasteiger partial charge in [0.2, 0.25) is 11.8 Å². The van der Waals surface area contributed by atoms with Crippen molar-refractivity contribution in [1.82, 2.24) is 0 Å². The van der Waals surface area contributed by atoms with E-state index in [-0.39, 0.29) is 18.4 Å². The molecule has 1 fully saturated rings. The molecular weight excluding hydrogens is 364 g/mol. The van der Waals surface area contributed by atoms with Crippen LogP contribution in [-0.4, -0.2) is 31.4 Å². The predicted molar refractivity (Wildman–Crippen MR) is 104 cm³/mol. The second kappa shape index (κ2) is 7.58. The van der Waals surface area contributed by atoms with Crippen molar-refractivity contribution in [3.05, 3.63) is 53.6 Å². The van der Waals surface area contributed by atoms with Gasteiger partial charge in [0.1, 0.15) is 11.6 Å². The summed E-state index contributed by atoms with van der Waals surface area (Å²) in [7, 11) is 0. The molecule has 0 unspecified atom stereocenters. The van der Waals surface area contributed by atoms with Crippen LogP contribution < -0.4 is 15.1 Å². The summed E-state index contributed by atoms with van der Waals surface area (Å²) >= 11 is 0. The molecule has 1 N–H and O–H groups in total. The molecule has 0 atom stereocenters. The molecule has 7 heteroatoms. The molecule has 0 aromatic heterocycles. The van der Waals surface area contributed by atoms with Gasteiger partial charge >= 0.3 is 0 Å². The number of carbonyl (C=O) groups is 2. The third-order valence-electron chi connectivity index (χ3n) is 5.17. The Morgan fingerprint density at radius 3 is 2.64 bits per heavy atom. The number of fused-ring (bicyclic) bond motifs is 1. The highest BCUT2D eigenvalue weighted by Gasteiger charge is 2.26. The Labute approximate surface area is 161 Å². The first-order valence-corrected chi connectivity index (χ1v) is 9.45. The minimum Gasteiger partial charge on any atom is -0.360 e. The van der Waals surface area contributed by atoms with Gasteiger partial charge in [0.25, 0.3) is 0 Å². The number of nitrogens with one attached hydrogen (secondary N) is 1. The van der Waals surface area contributed by atoms with E-state index >= 15 is 0 Å². The average molecular weight is 385 g/mol. The van der Waals surface area contributed by atoms with E-state index in [0.29, 0.717) is 48.6 Å². The maximum absolute atomic E-state index is 14.3. The van der Waals surface area contributed by atoms with Crippen molar-refractivity contribution in [2.24, 2.45) is 0 Å². The van der Waals surface area contributed by atoms with Gasteiger partial charge in [-0.2, -0.15) is 0 Å². The Balaban J connectivity index is 1.52. The van der Waals surface area contributed by atoms with Crippen molar-refractivity contribution in [2.75, 3.05) is 34.8 Å². The number of hydrogen-bond acceptors (Lipinski definition) is 3. The number of benzene rings is 2. The maximum atomic E-state index is 14.3. The van der Waals surface area contributed by atoms with Crippen LogP contribution in [0.25, 0.3) is 0 Å². The number of rotatable bonds is 4. The number of nitrogens with zero attached hydrogens (tertiary/aromatic N) is 2. The van der Waals surface area contributed by atoms with Gasteiger partial charge in [0, 0.05) is 25.6 Å². The van der Waals surface area contributed by atoms with E-state index in [1.54, 1.807) is 28.0 Å². The second-order valence-electron chi connectivity index (χ2n) is 7.13. The molecule has 5 nitrogen and oxygen atoms in total. The van der Waals surface area contributed by atoms with E-state index in [4.69, 9.17) is 0 Å². The Morgan fingerprint density at radius 2 is 1.86 bits per heavy atom. The molecule has 28 heavy (non-hydrogen) atoms. The molecule has 0 saturated carbocycles. The summed E-state index contributed by atoms with van der Waals surface area (Å²) < 4.78 is 27.8. The predicted octanol–water partition coefficient (Wildman–Crippen LogP) is 3.48. The number of amides is 2. The van der Waals surface area contributed by atoms with Gasteiger partial charge in [-0.25, -0.2) is 8.78 Å². The van der Waals surface area contributed by atoms with Crippen molar-refractivity contribution in [1.29, 1.82) is 0 Å². The highest BCUT2D eigenvalue weighted by atomic mass is 19.1. The van der Waals surface area contributed by atoms with Crippen LogP contribution in [0.1, 0.15) is 24.8 Å². The monoisotopic (exact) mass is 385 g/mol. The normalized spacial score (nSPS) is 16.3. The van der Waals surface area contributed by atoms with Crippen LogP contribution in [0.3, 0.4) is 0 Å². The molecule has 0 radical (unpaired) electrons. The summed E-state index contributed by atoms with van der Waals surface area (Å²) in [6.45, 7) is 1.11. The lowest BCUT2D eigenvalue weighted by atomic mass is 10.0. The summed E-state index contributed by atoms with van der Waals surface area (Å²) in [5.74, 6) is -1.52. The summed E-state index contributed by atoms with van der Waals surface area (Å²) in [5.41, 5.74) is 2.11. The zero-order chi connectivity index (χ0) is 19.7. The molecule has 1 saturated heterocycles. The zero-order valence-corrected chi connectivity index (χ0v) is 15.4. The van der Waals surface area contributed by atoms with Crippen LogP contribution in [0.2, 0.25) is 0 Å². The number of anilines is 3. The van der Waals surface area contributed by atoms with Crippen LogP contribution in [-0.2, 0) is 16.0 Å². The topological polar surface area (TPSA) is 52.7 Å². The quantitative estimate of drug-likeness (QED) is 0.877. The van der Waals surface area contributed by atoms with Gasteiger partial charge in [0.05, 0.1) is 23.6 Å². The van der Waals surface area contributed by atoms with E-state index in [9.17, 15) is 18.4 Å². The lowest BCUT2D eigenvalue weighted by molar-refractivity contribution is -0.117. The standard InChI is InChI=1S/C21H21F2N3O2/c22-15-11-14-5-3-9-25(21(14)16(23)12-15)13-19(27)24-17-6-1-2-7-18(17)26-10-4-8-20(26)28/h1-2,6-7,11-12H,3-5,8-10,13H2,(H,24,27). The molecular formula is C21H21F2N3O2. The molecule has 2 aromatic carbocycles. The van der Waals surface area contributed by atoms with Crippen molar-refractivity contribution in [3.8, 4) is 0 Å². The lowest BCUT2D eigenvalue weighted by Crippen LogP contribution is -2.37. The Hall–Kier alpha value is -2.96. The summed E-state index contributed by atoms with van der Waals surface area (Å²) in [6.07, 6.45) is 2.61. The molecule has 2 aromatic rings. The van der Waals surface area contributed by atoms with Crippen LogP contribution in [0.15, 0.2) is 36.4 Å². The third kappa shape index (κ3) is 3.56. The molecule has 0 aliphatic carbocycles. The van der Waals surface area contributed by atoms with Crippen LogP contribution in [0.5, 0.6) is 0 Å². The minimum absolute atomic E-state index is 0.0377. The fourth-order valence-corrected chi connectivity index (χ4v) is 3.97. The minimum atomic E-state index is -0.648. The fraction of sp³-hybridized carbons (Fsp3) is 0.333. The molecule has 2 amide bonds. The number of carbonyl (C=O) groups excluding carboxylic acids is 2. The van der Waals surface area contributed by atoms with E-state index in [2.05, 4.69) is 5.32 Å². The highest BCUT2D eigenvalue weighted by Crippen LogP contribution is 2.32. The number of para-hydroxylation sites is 2. The first kappa shape index (κ1) is 18.4. The van der Waals surface area contributed by atoms with Gasteiger partial charge in [0.15, 0.2) is 0 Å². The number of hydrogen-bond donors (Lipinski definition) is 1. The van der Waals surface area contributed by atoms with E-state index in [1.165, 1.54) is 6.07 Å². The van der Waals surface area contributed by atoms with Crippen LogP contribution >= 0.6 is 0 Å². The summed E-state index contributed by atoms with van der Waals surface area (Å²) in [5, 5.41) is 2.85. The first-order valence-electron chi connectivity index (χ1n) is 9.45. The van der Waals surface area contributed by atoms with Crippen molar-refractivity contribution >= 4 is 28.9 Å². The van der Waals surface area contributed by atoms with Gasteiger partial charge in [-0.3, -0.25) is 9.59 Å². The lowest BCUT2D eigenvalue weighted by Gasteiger charge is -2.31. The molecule has 2 aliphatic heterocycles. The Kier molecular flexibility index (Phi) is 4.98. The van der Waals surface area contributed by atoms with Crippen molar-refractivity contribution in [2.45, 2.75) is 25.7 Å². The zero-order valence-electron chi connectivity index (χ0n) is 15.4. The van der Waals surface area contributed by atoms with Crippen LogP contribution in [0, 0.1) is 11.6 Å². The fourth-order valence-electron chi connectivity index (χ4n) is 3.97. The largest absolute Gasteiger partial charge is 0.360 e. The van der Waals surface area contributed by atoms with Gasteiger partial charge in [-0.05, 0) is 43.0 Å². The Morgan fingerprint density at radius 1 is 1.07 bits per heavy atom. The van der Waals surface area contributed by atoms with Crippen LogP contribution in [0.4, 0.5) is 25.8 Å². The molecule has 0 spiro atoms. The van der Waals surface area contributed by atoms with E-state index in [1.807, 2.05) is 6.07 Å². The van der Waals surface area contributed by atoms with Crippen molar-refractivity contribution < 1.29 is 18.4 Å². The third-order valence-corrected chi connectivity index (χ3v) is 5.17. The van der Waals surface area contributed by atoms with Gasteiger partial charge < -0.3 is 15.1 Å². The average Bonchev–Trinajstić information content (AvgIpc) is 3.07. The van der Waals surface area contributed by atoms with Crippen molar-refractivity contribution in [3.63, 3.8) is 0 Å². The van der Waals surface area contributed by atoms with E-state index in [0.717, 1.165) is 18.9 Å². The maximum Gasteiger partial charge on any atom is 0.243 e. The molecule has 2 aliphatic rings. The van der Waals surface area contributed by atoms with E-state index < -0.39 is 11.6 Å². The first-order chi connectivity index (χ1) is 13.5. The molecule has 146 valence electrons. The number of halogens is 2. The second-order valence-corrected chi connectivity index (χ2v) is 7.13. The highest BCUT2D eigenvalue weighted by molar-refractivity contribution is 6.03. The molecule has 0 bridgehead atoms. The summed E-state index contributed by atoms with van der Waals surface area (Å²) in [4.78, 5) is 28.0. The molecule has 2 heterocycles. The summed E-state index contributed by atoms with van der Waals surface area (Å²) in [6, 6.07) is 9.34. The molecule has 4 rings (SSSR count). The van der Waals surface area contributed by atoms with Gasteiger partial charge in [-0.1, -0.05) is 12.1 Å². The SMILES string of the molecule is O=C(CN1CCCc2cc(F)cc(F)c21)Nc1ccccc1N1CCCC1=O. The smallest absolute Gasteiger partial charge is 0.243 e.